The molecule has 0 aromatic heterocycles. The second-order valence-corrected chi connectivity index (χ2v) is 3.46. The number of aryl methyl sites for hydroxylation is 1. The summed E-state index contributed by atoms with van der Waals surface area (Å²) in [4.78, 5) is 17.8. The van der Waals surface area contributed by atoms with Gasteiger partial charge in [-0.2, -0.15) is 0 Å². The molecule has 1 aromatic rings. The predicted molar refractivity (Wildman–Crippen MR) is 58.3 cm³/mol. The van der Waals surface area contributed by atoms with Gasteiger partial charge in [0.15, 0.2) is 0 Å². The molecule has 82 valence electrons. The first-order valence-electron chi connectivity index (χ1n) is 4.79. The highest BCUT2D eigenvalue weighted by molar-refractivity contribution is 5.94. The number of hydrogen-bond donors (Lipinski definition) is 1. The van der Waals surface area contributed by atoms with Crippen LogP contribution in [0.15, 0.2) is 24.3 Å². The van der Waals surface area contributed by atoms with Crippen molar-refractivity contribution >= 4 is 5.91 Å². The topological polar surface area (TPSA) is 55.6 Å². The summed E-state index contributed by atoms with van der Waals surface area (Å²) >= 11 is 0. The highest BCUT2D eigenvalue weighted by atomic mass is 16.6. The van der Waals surface area contributed by atoms with Crippen LogP contribution in [0.25, 0.3) is 0 Å². The van der Waals surface area contributed by atoms with E-state index in [0.717, 1.165) is 5.56 Å². The van der Waals surface area contributed by atoms with Crippen molar-refractivity contribution in [3.63, 3.8) is 0 Å². The first-order valence-corrected chi connectivity index (χ1v) is 4.79. The van der Waals surface area contributed by atoms with Crippen LogP contribution < -0.4 is 5.90 Å². The summed E-state index contributed by atoms with van der Waals surface area (Å²) in [5.41, 5.74) is 1.82. The Bertz CT molecular complexity index is 322. The second kappa shape index (κ2) is 5.48. The van der Waals surface area contributed by atoms with Crippen LogP contribution in [0.1, 0.15) is 15.9 Å². The standard InChI is InChI=1S/C11H16N2O2/c1-9-3-5-10(6-4-9)11(14)13(2)7-8-15-12/h3-6H,7-8,12H2,1-2H3. The maximum absolute atomic E-state index is 11.8. The third-order valence-electron chi connectivity index (χ3n) is 2.19. The molecule has 0 radical (unpaired) electrons. The average Bonchev–Trinajstić information content (AvgIpc) is 2.26. The molecule has 4 heteroatoms. The molecule has 0 unspecified atom stereocenters. The zero-order chi connectivity index (χ0) is 11.3. The summed E-state index contributed by atoms with van der Waals surface area (Å²) in [5.74, 6) is 4.88. The molecule has 0 spiro atoms. The number of nitrogens with two attached hydrogens (primary N) is 1. The lowest BCUT2D eigenvalue weighted by Crippen LogP contribution is -2.30. The predicted octanol–water partition coefficient (Wildman–Crippen LogP) is 0.957. The molecule has 1 amide bonds. The van der Waals surface area contributed by atoms with Crippen molar-refractivity contribution in [1.82, 2.24) is 4.90 Å². The summed E-state index contributed by atoms with van der Waals surface area (Å²) in [5, 5.41) is 0. The fourth-order valence-corrected chi connectivity index (χ4v) is 1.21. The quantitative estimate of drug-likeness (QED) is 0.750. The molecule has 4 nitrogen and oxygen atoms in total. The van der Waals surface area contributed by atoms with E-state index in [1.165, 1.54) is 0 Å². The lowest BCUT2D eigenvalue weighted by molar-refractivity contribution is 0.0697. The Morgan fingerprint density at radius 3 is 2.53 bits per heavy atom. The molecule has 15 heavy (non-hydrogen) atoms. The van der Waals surface area contributed by atoms with Gasteiger partial charge in [0.1, 0.15) is 0 Å². The van der Waals surface area contributed by atoms with Crippen molar-refractivity contribution in [3.8, 4) is 0 Å². The van der Waals surface area contributed by atoms with E-state index in [2.05, 4.69) is 4.84 Å². The van der Waals surface area contributed by atoms with Crippen molar-refractivity contribution < 1.29 is 9.63 Å². The Balaban J connectivity index is 2.63. The number of amides is 1. The zero-order valence-corrected chi connectivity index (χ0v) is 9.06. The lowest BCUT2D eigenvalue weighted by atomic mass is 10.1. The van der Waals surface area contributed by atoms with E-state index in [0.29, 0.717) is 18.7 Å². The van der Waals surface area contributed by atoms with Crippen LogP contribution in [0.4, 0.5) is 0 Å². The molecule has 0 heterocycles. The molecule has 1 rings (SSSR count). The van der Waals surface area contributed by atoms with Crippen LogP contribution >= 0.6 is 0 Å². The van der Waals surface area contributed by atoms with E-state index < -0.39 is 0 Å². The number of nitrogens with zero attached hydrogens (tertiary/aromatic N) is 1. The number of carbonyl (C=O) groups is 1. The highest BCUT2D eigenvalue weighted by Crippen LogP contribution is 2.05. The second-order valence-electron chi connectivity index (χ2n) is 3.46. The van der Waals surface area contributed by atoms with E-state index in [-0.39, 0.29) is 5.91 Å². The first kappa shape index (κ1) is 11.7. The van der Waals surface area contributed by atoms with Gasteiger partial charge >= 0.3 is 0 Å². The maximum atomic E-state index is 11.8. The van der Waals surface area contributed by atoms with E-state index in [1.54, 1.807) is 11.9 Å². The number of carbonyl (C=O) groups excluding carboxylic acids is 1. The molecule has 1 aromatic carbocycles. The van der Waals surface area contributed by atoms with Gasteiger partial charge in [-0.15, -0.1) is 0 Å². The van der Waals surface area contributed by atoms with Gasteiger partial charge in [0.25, 0.3) is 5.91 Å². The molecule has 0 atom stereocenters. The number of rotatable bonds is 4. The molecule has 0 bridgehead atoms. The van der Waals surface area contributed by atoms with Crippen molar-refractivity contribution in [2.45, 2.75) is 6.92 Å². The summed E-state index contributed by atoms with van der Waals surface area (Å²) in [6, 6.07) is 7.47. The Labute approximate surface area is 89.6 Å². The molecular formula is C11H16N2O2. The Hall–Kier alpha value is -1.39. The lowest BCUT2D eigenvalue weighted by Gasteiger charge is -2.16. The van der Waals surface area contributed by atoms with Crippen LogP contribution in [0.2, 0.25) is 0 Å². The minimum absolute atomic E-state index is 0.0212. The van der Waals surface area contributed by atoms with Gasteiger partial charge in [-0.25, -0.2) is 5.90 Å². The number of hydrogen-bond acceptors (Lipinski definition) is 3. The van der Waals surface area contributed by atoms with Gasteiger partial charge in [0.05, 0.1) is 6.61 Å². The summed E-state index contributed by atoms with van der Waals surface area (Å²) in [6.45, 7) is 2.82. The third kappa shape index (κ3) is 3.34. The van der Waals surface area contributed by atoms with Gasteiger partial charge < -0.3 is 9.74 Å². The maximum Gasteiger partial charge on any atom is 0.253 e. The molecule has 0 fully saturated rings. The van der Waals surface area contributed by atoms with Gasteiger partial charge in [-0.1, -0.05) is 17.7 Å². The van der Waals surface area contributed by atoms with E-state index >= 15 is 0 Å². The van der Waals surface area contributed by atoms with E-state index in [9.17, 15) is 4.79 Å². The van der Waals surface area contributed by atoms with E-state index in [1.807, 2.05) is 31.2 Å². The Kier molecular flexibility index (Phi) is 4.27. The molecule has 0 aliphatic rings. The van der Waals surface area contributed by atoms with Crippen molar-refractivity contribution in [1.29, 1.82) is 0 Å². The fraction of sp³-hybridized carbons (Fsp3) is 0.364. The zero-order valence-electron chi connectivity index (χ0n) is 9.06. The summed E-state index contributed by atoms with van der Waals surface area (Å²) < 4.78 is 0. The molecule has 0 aliphatic heterocycles. The smallest absolute Gasteiger partial charge is 0.253 e. The van der Waals surface area contributed by atoms with Gasteiger partial charge in [0, 0.05) is 19.2 Å². The molecular weight excluding hydrogens is 192 g/mol. The summed E-state index contributed by atoms with van der Waals surface area (Å²) in [7, 11) is 1.72. The number of likely N-dealkylation sites (N-methyl/N-ethyl adjacent to an activating group) is 1. The highest BCUT2D eigenvalue weighted by Gasteiger charge is 2.10. The van der Waals surface area contributed by atoms with Gasteiger partial charge in [0.2, 0.25) is 0 Å². The van der Waals surface area contributed by atoms with Gasteiger partial charge in [-0.3, -0.25) is 4.79 Å². The molecule has 2 N–H and O–H groups in total. The largest absolute Gasteiger partial charge is 0.339 e. The minimum atomic E-state index is -0.0212. The van der Waals surface area contributed by atoms with Crippen LogP contribution in [0.3, 0.4) is 0 Å². The first-order chi connectivity index (χ1) is 7.15. The normalized spacial score (nSPS) is 10.1. The SMILES string of the molecule is Cc1ccc(C(=O)N(C)CCON)cc1. The van der Waals surface area contributed by atoms with Crippen LogP contribution in [-0.4, -0.2) is 31.0 Å². The van der Waals surface area contributed by atoms with Crippen LogP contribution in [0, 0.1) is 6.92 Å². The minimum Gasteiger partial charge on any atom is -0.339 e. The Morgan fingerprint density at radius 1 is 1.40 bits per heavy atom. The van der Waals surface area contributed by atoms with Crippen LogP contribution in [0.5, 0.6) is 0 Å². The molecule has 0 aliphatic carbocycles. The molecule has 0 saturated heterocycles. The molecule has 0 saturated carbocycles. The fourth-order valence-electron chi connectivity index (χ4n) is 1.21. The number of benzene rings is 1. The monoisotopic (exact) mass is 208 g/mol. The van der Waals surface area contributed by atoms with E-state index in [4.69, 9.17) is 5.90 Å². The Morgan fingerprint density at radius 2 is 2.00 bits per heavy atom. The summed E-state index contributed by atoms with van der Waals surface area (Å²) in [6.07, 6.45) is 0. The third-order valence-corrected chi connectivity index (χ3v) is 2.19. The van der Waals surface area contributed by atoms with Crippen LogP contribution in [-0.2, 0) is 4.84 Å². The average molecular weight is 208 g/mol. The van der Waals surface area contributed by atoms with Gasteiger partial charge in [-0.05, 0) is 19.1 Å². The van der Waals surface area contributed by atoms with Crippen molar-refractivity contribution in [2.75, 3.05) is 20.2 Å². The van der Waals surface area contributed by atoms with Crippen molar-refractivity contribution in [2.24, 2.45) is 5.90 Å². The van der Waals surface area contributed by atoms with Crippen molar-refractivity contribution in [3.05, 3.63) is 35.4 Å².